The number of benzene rings is 2. The van der Waals surface area contributed by atoms with E-state index in [2.05, 4.69) is 23.1 Å². The summed E-state index contributed by atoms with van der Waals surface area (Å²) in [6.45, 7) is 1.44. The molecule has 0 amide bonds. The highest BCUT2D eigenvalue weighted by atomic mass is 32.1. The zero-order valence-electron chi connectivity index (χ0n) is 16.8. The van der Waals surface area contributed by atoms with Gasteiger partial charge in [0.05, 0.1) is 24.0 Å². The lowest BCUT2D eigenvalue weighted by molar-refractivity contribution is 0.188. The van der Waals surface area contributed by atoms with Crippen molar-refractivity contribution in [2.24, 2.45) is 0 Å². The normalized spacial score (nSPS) is 16.9. The molecule has 1 aliphatic rings. The van der Waals surface area contributed by atoms with Crippen LogP contribution in [-0.4, -0.2) is 28.3 Å². The molecule has 5 nitrogen and oxygen atoms in total. The lowest BCUT2D eigenvalue weighted by Gasteiger charge is -2.25. The topological polar surface area (TPSA) is 47.4 Å². The van der Waals surface area contributed by atoms with Gasteiger partial charge in [0.1, 0.15) is 11.4 Å². The van der Waals surface area contributed by atoms with Crippen molar-refractivity contribution < 1.29 is 4.74 Å². The first-order valence-electron chi connectivity index (χ1n) is 10.2. The molecule has 1 saturated heterocycles. The van der Waals surface area contributed by atoms with Crippen LogP contribution in [0.1, 0.15) is 24.4 Å². The van der Waals surface area contributed by atoms with E-state index in [0.717, 1.165) is 46.5 Å². The molecular formula is C24H23N3O2S. The highest BCUT2D eigenvalue weighted by molar-refractivity contribution is 7.13. The molecule has 0 radical (unpaired) electrons. The third kappa shape index (κ3) is 3.42. The van der Waals surface area contributed by atoms with Crippen molar-refractivity contribution in [3.63, 3.8) is 0 Å². The van der Waals surface area contributed by atoms with Crippen LogP contribution in [0.3, 0.4) is 0 Å². The van der Waals surface area contributed by atoms with Gasteiger partial charge in [-0.1, -0.05) is 36.4 Å². The van der Waals surface area contributed by atoms with Crippen LogP contribution in [-0.2, 0) is 6.67 Å². The molecule has 0 bridgehead atoms. The van der Waals surface area contributed by atoms with Crippen molar-refractivity contribution in [1.29, 1.82) is 0 Å². The van der Waals surface area contributed by atoms with Gasteiger partial charge in [-0.05, 0) is 48.1 Å². The van der Waals surface area contributed by atoms with Gasteiger partial charge >= 0.3 is 0 Å². The summed E-state index contributed by atoms with van der Waals surface area (Å²) in [6.07, 6.45) is 2.18. The van der Waals surface area contributed by atoms with Crippen molar-refractivity contribution >= 4 is 22.1 Å². The Kier molecular flexibility index (Phi) is 5.11. The summed E-state index contributed by atoms with van der Waals surface area (Å²) >= 11 is 1.65. The predicted octanol–water partition coefficient (Wildman–Crippen LogP) is 4.93. The molecular weight excluding hydrogens is 394 g/mol. The van der Waals surface area contributed by atoms with Gasteiger partial charge in [-0.3, -0.25) is 9.69 Å². The van der Waals surface area contributed by atoms with E-state index in [-0.39, 0.29) is 11.6 Å². The maximum Gasteiger partial charge on any atom is 0.275 e. The number of ether oxygens (including phenoxy) is 1. The fourth-order valence-electron chi connectivity index (χ4n) is 4.30. The Bertz CT molecular complexity index is 1220. The monoisotopic (exact) mass is 417 g/mol. The van der Waals surface area contributed by atoms with Gasteiger partial charge in [-0.25, -0.2) is 4.68 Å². The standard InChI is InChI=1S/C24H23N3O2S/c1-29-18-12-10-17(11-13-18)21-8-4-14-26(21)16-27-24(28)20-7-3-2-6-19(20)23(25-27)22-9-5-15-30-22/h2-3,5-7,9-13,15,21H,4,8,14,16H2,1H3/t21-/m1/s1. The minimum atomic E-state index is -0.0358. The number of thiophene rings is 1. The van der Waals surface area contributed by atoms with Crippen molar-refractivity contribution in [2.75, 3.05) is 13.7 Å². The molecule has 0 aliphatic carbocycles. The van der Waals surface area contributed by atoms with Crippen LogP contribution in [0, 0.1) is 0 Å². The molecule has 152 valence electrons. The number of methoxy groups -OCH3 is 1. The second-order valence-corrected chi connectivity index (χ2v) is 8.51. The van der Waals surface area contributed by atoms with Crippen LogP contribution in [0.25, 0.3) is 21.3 Å². The lowest BCUT2D eigenvalue weighted by Crippen LogP contribution is -2.34. The number of rotatable bonds is 5. The molecule has 0 saturated carbocycles. The summed E-state index contributed by atoms with van der Waals surface area (Å²) in [5.41, 5.74) is 2.09. The van der Waals surface area contributed by atoms with E-state index in [4.69, 9.17) is 9.84 Å². The molecule has 0 spiro atoms. The van der Waals surface area contributed by atoms with Gasteiger partial charge in [0.15, 0.2) is 0 Å². The Hall–Kier alpha value is -2.96. The number of aromatic nitrogens is 2. The summed E-state index contributed by atoms with van der Waals surface area (Å²) in [4.78, 5) is 16.7. The zero-order valence-corrected chi connectivity index (χ0v) is 17.6. The smallest absolute Gasteiger partial charge is 0.275 e. The first-order chi connectivity index (χ1) is 14.7. The quantitative estimate of drug-likeness (QED) is 0.462. The summed E-state index contributed by atoms with van der Waals surface area (Å²) in [5, 5.41) is 8.49. The second-order valence-electron chi connectivity index (χ2n) is 7.56. The minimum absolute atomic E-state index is 0.0358. The maximum absolute atomic E-state index is 13.2. The molecule has 1 atom stereocenters. The van der Waals surface area contributed by atoms with Crippen molar-refractivity contribution in [1.82, 2.24) is 14.7 Å². The van der Waals surface area contributed by atoms with Gasteiger partial charge < -0.3 is 4.74 Å². The van der Waals surface area contributed by atoms with Gasteiger partial charge in [-0.15, -0.1) is 11.3 Å². The van der Waals surface area contributed by atoms with Gasteiger partial charge in [0.2, 0.25) is 0 Å². The van der Waals surface area contributed by atoms with Crippen LogP contribution in [0.15, 0.2) is 70.8 Å². The maximum atomic E-state index is 13.2. The molecule has 0 unspecified atom stereocenters. The van der Waals surface area contributed by atoms with E-state index in [1.165, 1.54) is 5.56 Å². The van der Waals surface area contributed by atoms with E-state index in [9.17, 15) is 4.79 Å². The SMILES string of the molecule is COc1ccc([C@H]2CCCN2Cn2nc(-c3cccs3)c3ccccc3c2=O)cc1. The fraction of sp³-hybridized carbons (Fsp3) is 0.250. The molecule has 3 heterocycles. The largest absolute Gasteiger partial charge is 0.497 e. The van der Waals surface area contributed by atoms with E-state index in [0.29, 0.717) is 6.67 Å². The van der Waals surface area contributed by atoms with Crippen molar-refractivity contribution in [2.45, 2.75) is 25.6 Å². The Labute approximate surface area is 179 Å². The van der Waals surface area contributed by atoms with Crippen molar-refractivity contribution in [3.05, 3.63) is 82.0 Å². The summed E-state index contributed by atoms with van der Waals surface area (Å²) < 4.78 is 6.93. The number of fused-ring (bicyclic) bond motifs is 1. The Morgan fingerprint density at radius 1 is 1.07 bits per heavy atom. The van der Waals surface area contributed by atoms with E-state index >= 15 is 0 Å². The Balaban J connectivity index is 1.53. The molecule has 6 heteroatoms. The zero-order chi connectivity index (χ0) is 20.5. The highest BCUT2D eigenvalue weighted by Gasteiger charge is 2.27. The van der Waals surface area contributed by atoms with Crippen LogP contribution in [0.4, 0.5) is 0 Å². The summed E-state index contributed by atoms with van der Waals surface area (Å²) in [6, 6.07) is 20.4. The summed E-state index contributed by atoms with van der Waals surface area (Å²) in [7, 11) is 1.68. The molecule has 2 aromatic carbocycles. The van der Waals surface area contributed by atoms with Gasteiger partial charge in [0, 0.05) is 18.0 Å². The number of hydrogen-bond donors (Lipinski definition) is 0. The van der Waals surface area contributed by atoms with Gasteiger partial charge in [0.25, 0.3) is 5.56 Å². The second kappa shape index (κ2) is 8.05. The van der Waals surface area contributed by atoms with Crippen LogP contribution >= 0.6 is 11.3 Å². The molecule has 1 aliphatic heterocycles. The van der Waals surface area contributed by atoms with Crippen LogP contribution in [0.5, 0.6) is 5.75 Å². The Morgan fingerprint density at radius 2 is 1.87 bits per heavy atom. The molecule has 5 rings (SSSR count). The Morgan fingerprint density at radius 3 is 2.60 bits per heavy atom. The third-order valence-corrected chi connectivity index (χ3v) is 6.68. The van der Waals surface area contributed by atoms with E-state index in [1.54, 1.807) is 23.1 Å². The highest BCUT2D eigenvalue weighted by Crippen LogP contribution is 2.33. The van der Waals surface area contributed by atoms with Crippen molar-refractivity contribution in [3.8, 4) is 16.3 Å². The average Bonchev–Trinajstić information content (AvgIpc) is 3.48. The minimum Gasteiger partial charge on any atom is -0.497 e. The fourth-order valence-corrected chi connectivity index (χ4v) is 5.02. The predicted molar refractivity (Wildman–Crippen MR) is 121 cm³/mol. The van der Waals surface area contributed by atoms with Crippen LogP contribution < -0.4 is 10.3 Å². The molecule has 2 aromatic heterocycles. The number of likely N-dealkylation sites (tertiary alicyclic amines) is 1. The van der Waals surface area contributed by atoms with Gasteiger partial charge in [-0.2, -0.15) is 5.10 Å². The summed E-state index contributed by atoms with van der Waals surface area (Å²) in [5.74, 6) is 0.858. The van der Waals surface area contributed by atoms with Crippen LogP contribution in [0.2, 0.25) is 0 Å². The first-order valence-corrected chi connectivity index (χ1v) is 11.0. The van der Waals surface area contributed by atoms with E-state index < -0.39 is 0 Å². The average molecular weight is 418 g/mol. The molecule has 0 N–H and O–H groups in total. The third-order valence-electron chi connectivity index (χ3n) is 5.80. The molecule has 4 aromatic rings. The van der Waals surface area contributed by atoms with E-state index in [1.807, 2.05) is 47.8 Å². The lowest BCUT2D eigenvalue weighted by atomic mass is 10.0. The molecule has 30 heavy (non-hydrogen) atoms. The number of hydrogen-bond acceptors (Lipinski definition) is 5. The number of nitrogens with zero attached hydrogens (tertiary/aromatic N) is 3. The molecule has 1 fully saturated rings. The first kappa shape index (κ1) is 19.0.